The van der Waals surface area contributed by atoms with Crippen LogP contribution in [0.25, 0.3) is 21.8 Å². The third-order valence-corrected chi connectivity index (χ3v) is 4.16. The van der Waals surface area contributed by atoms with Gasteiger partial charge in [-0.05, 0) is 36.8 Å². The van der Waals surface area contributed by atoms with Gasteiger partial charge in [0.05, 0.1) is 5.92 Å². The number of carbonyl (C=O) groups excluding carboxylic acids is 1. The average Bonchev–Trinajstić information content (AvgIpc) is 2.70. The van der Waals surface area contributed by atoms with E-state index in [9.17, 15) is 4.79 Å². The third-order valence-electron chi connectivity index (χ3n) is 3.92. The van der Waals surface area contributed by atoms with Crippen molar-refractivity contribution in [1.29, 1.82) is 0 Å². The highest BCUT2D eigenvalue weighted by atomic mass is 35.5. The van der Waals surface area contributed by atoms with Gasteiger partial charge < -0.3 is 10.3 Å². The number of hydrogen-bond acceptors (Lipinski definition) is 1. The summed E-state index contributed by atoms with van der Waals surface area (Å²) in [6, 6.07) is 11.9. The van der Waals surface area contributed by atoms with E-state index in [-0.39, 0.29) is 11.8 Å². The van der Waals surface area contributed by atoms with Gasteiger partial charge in [-0.25, -0.2) is 0 Å². The van der Waals surface area contributed by atoms with Crippen LogP contribution in [0.5, 0.6) is 0 Å². The molecule has 1 heterocycles. The largest absolute Gasteiger partial charge is 0.369 e. The van der Waals surface area contributed by atoms with E-state index in [1.54, 1.807) is 0 Å². The van der Waals surface area contributed by atoms with Crippen LogP contribution in [0.15, 0.2) is 36.4 Å². The van der Waals surface area contributed by atoms with E-state index in [1.165, 1.54) is 0 Å². The molecule has 102 valence electrons. The molecule has 0 fully saturated rings. The molecule has 1 amide bonds. The van der Waals surface area contributed by atoms with Crippen molar-refractivity contribution in [3.63, 3.8) is 0 Å². The quantitative estimate of drug-likeness (QED) is 0.769. The molecule has 0 radical (unpaired) electrons. The number of halogens is 1. The zero-order valence-electron chi connectivity index (χ0n) is 11.4. The molecule has 3 nitrogen and oxygen atoms in total. The number of aryl methyl sites for hydroxylation is 1. The second kappa shape index (κ2) is 4.53. The Morgan fingerprint density at radius 1 is 1.15 bits per heavy atom. The molecule has 2 aromatic carbocycles. The van der Waals surface area contributed by atoms with E-state index in [0.29, 0.717) is 0 Å². The Balaban J connectivity index is 2.33. The van der Waals surface area contributed by atoms with Crippen molar-refractivity contribution in [2.75, 3.05) is 0 Å². The standard InChI is InChI=1S/C16H15ClN2O/c1-9(16(18)20)10-3-5-12-13-8-11(17)4-6-14(13)19(2)15(12)7-10/h3-9H,1-2H3,(H2,18,20). The normalized spacial score (nSPS) is 12.9. The predicted octanol–water partition coefficient (Wildman–Crippen LogP) is 3.57. The number of nitrogens with zero attached hydrogens (tertiary/aromatic N) is 1. The van der Waals surface area contributed by atoms with Gasteiger partial charge in [0.25, 0.3) is 0 Å². The molecule has 1 aromatic heterocycles. The molecule has 1 atom stereocenters. The topological polar surface area (TPSA) is 48.0 Å². The van der Waals surface area contributed by atoms with Gasteiger partial charge in [-0.2, -0.15) is 0 Å². The maximum Gasteiger partial charge on any atom is 0.224 e. The molecule has 0 aliphatic rings. The number of fused-ring (bicyclic) bond motifs is 3. The lowest BCUT2D eigenvalue weighted by molar-refractivity contribution is -0.119. The fraction of sp³-hybridized carbons (Fsp3) is 0.188. The van der Waals surface area contributed by atoms with Gasteiger partial charge >= 0.3 is 0 Å². The molecule has 0 aliphatic carbocycles. The summed E-state index contributed by atoms with van der Waals surface area (Å²) in [5.74, 6) is -0.604. The molecule has 3 rings (SSSR count). The van der Waals surface area contributed by atoms with Crippen LogP contribution in [0.3, 0.4) is 0 Å². The number of primary amides is 1. The highest BCUT2D eigenvalue weighted by molar-refractivity contribution is 6.31. The molecule has 0 saturated carbocycles. The number of benzene rings is 2. The minimum Gasteiger partial charge on any atom is -0.369 e. The van der Waals surface area contributed by atoms with E-state index < -0.39 is 0 Å². The molecular formula is C16H15ClN2O. The number of carbonyl (C=O) groups is 1. The highest BCUT2D eigenvalue weighted by Crippen LogP contribution is 2.32. The Bertz CT molecular complexity index is 835. The second-order valence-electron chi connectivity index (χ2n) is 5.12. The monoisotopic (exact) mass is 286 g/mol. The summed E-state index contributed by atoms with van der Waals surface area (Å²) >= 11 is 6.08. The van der Waals surface area contributed by atoms with Crippen molar-refractivity contribution in [2.24, 2.45) is 12.8 Å². The smallest absolute Gasteiger partial charge is 0.224 e. The molecule has 1 unspecified atom stereocenters. The van der Waals surface area contributed by atoms with E-state index in [4.69, 9.17) is 17.3 Å². The van der Waals surface area contributed by atoms with Crippen molar-refractivity contribution >= 4 is 39.3 Å². The van der Waals surface area contributed by atoms with Crippen LogP contribution in [0.4, 0.5) is 0 Å². The molecule has 2 N–H and O–H groups in total. The van der Waals surface area contributed by atoms with Gasteiger partial charge in [-0.15, -0.1) is 0 Å². The van der Waals surface area contributed by atoms with Crippen LogP contribution in [0.2, 0.25) is 5.02 Å². The molecule has 0 aliphatic heterocycles. The summed E-state index contributed by atoms with van der Waals surface area (Å²) < 4.78 is 2.11. The van der Waals surface area contributed by atoms with Crippen LogP contribution < -0.4 is 5.73 Å². The number of amides is 1. The van der Waals surface area contributed by atoms with Crippen molar-refractivity contribution in [1.82, 2.24) is 4.57 Å². The zero-order valence-corrected chi connectivity index (χ0v) is 12.1. The SMILES string of the molecule is CC(C(N)=O)c1ccc2c3cc(Cl)ccc3n(C)c2c1. The number of nitrogens with two attached hydrogens (primary N) is 1. The van der Waals surface area contributed by atoms with Crippen LogP contribution in [0.1, 0.15) is 18.4 Å². The van der Waals surface area contributed by atoms with Crippen LogP contribution in [0, 0.1) is 0 Å². The van der Waals surface area contributed by atoms with E-state index in [1.807, 2.05) is 50.4 Å². The molecular weight excluding hydrogens is 272 g/mol. The lowest BCUT2D eigenvalue weighted by Crippen LogP contribution is -2.18. The van der Waals surface area contributed by atoms with Crippen molar-refractivity contribution in [3.8, 4) is 0 Å². The Morgan fingerprint density at radius 3 is 2.60 bits per heavy atom. The zero-order chi connectivity index (χ0) is 14.4. The Hall–Kier alpha value is -2.00. The Morgan fingerprint density at radius 2 is 1.90 bits per heavy atom. The van der Waals surface area contributed by atoms with Crippen molar-refractivity contribution in [3.05, 3.63) is 47.0 Å². The maximum absolute atomic E-state index is 11.3. The molecule has 0 spiro atoms. The van der Waals surface area contributed by atoms with Crippen molar-refractivity contribution in [2.45, 2.75) is 12.8 Å². The molecule has 0 bridgehead atoms. The summed E-state index contributed by atoms with van der Waals surface area (Å²) in [6.07, 6.45) is 0. The van der Waals surface area contributed by atoms with Gasteiger partial charge in [0, 0.05) is 33.9 Å². The summed E-state index contributed by atoms with van der Waals surface area (Å²) in [6.45, 7) is 1.82. The van der Waals surface area contributed by atoms with Gasteiger partial charge in [-0.1, -0.05) is 23.7 Å². The first kappa shape index (κ1) is 13.0. The molecule has 20 heavy (non-hydrogen) atoms. The fourth-order valence-corrected chi connectivity index (χ4v) is 2.81. The first-order valence-electron chi connectivity index (χ1n) is 6.46. The maximum atomic E-state index is 11.3. The second-order valence-corrected chi connectivity index (χ2v) is 5.56. The highest BCUT2D eigenvalue weighted by Gasteiger charge is 2.14. The van der Waals surface area contributed by atoms with Gasteiger partial charge in [0.1, 0.15) is 0 Å². The Kier molecular flexibility index (Phi) is 2.94. The van der Waals surface area contributed by atoms with Gasteiger partial charge in [-0.3, -0.25) is 4.79 Å². The summed E-state index contributed by atoms with van der Waals surface area (Å²) in [5, 5.41) is 2.97. The molecule has 4 heteroatoms. The minimum absolute atomic E-state index is 0.291. The summed E-state index contributed by atoms with van der Waals surface area (Å²) in [4.78, 5) is 11.3. The predicted molar refractivity (Wildman–Crippen MR) is 83.0 cm³/mol. The number of hydrogen-bond donors (Lipinski definition) is 1. The summed E-state index contributed by atoms with van der Waals surface area (Å²) in [7, 11) is 2.01. The lowest BCUT2D eigenvalue weighted by Gasteiger charge is -2.08. The molecule has 0 saturated heterocycles. The average molecular weight is 287 g/mol. The first-order valence-corrected chi connectivity index (χ1v) is 6.83. The fourth-order valence-electron chi connectivity index (χ4n) is 2.63. The van der Waals surface area contributed by atoms with E-state index >= 15 is 0 Å². The number of rotatable bonds is 2. The summed E-state index contributed by atoms with van der Waals surface area (Å²) in [5.41, 5.74) is 8.51. The lowest BCUT2D eigenvalue weighted by atomic mass is 9.99. The third kappa shape index (κ3) is 1.86. The van der Waals surface area contributed by atoms with E-state index in [0.717, 1.165) is 32.4 Å². The van der Waals surface area contributed by atoms with Gasteiger partial charge in [0.2, 0.25) is 5.91 Å². The number of aromatic nitrogens is 1. The first-order chi connectivity index (χ1) is 9.49. The van der Waals surface area contributed by atoms with Crippen molar-refractivity contribution < 1.29 is 4.79 Å². The van der Waals surface area contributed by atoms with E-state index in [2.05, 4.69) is 4.57 Å². The molecule has 3 aromatic rings. The van der Waals surface area contributed by atoms with Crippen LogP contribution in [-0.4, -0.2) is 10.5 Å². The van der Waals surface area contributed by atoms with Crippen LogP contribution >= 0.6 is 11.6 Å². The van der Waals surface area contributed by atoms with Gasteiger partial charge in [0.15, 0.2) is 0 Å². The Labute approximate surface area is 121 Å². The minimum atomic E-state index is -0.314. The van der Waals surface area contributed by atoms with Crippen LogP contribution in [-0.2, 0) is 11.8 Å².